The molecule has 4 aromatic rings. The maximum Gasteiger partial charge on any atom is 0.338 e. The molecule has 0 unspecified atom stereocenters. The third-order valence-corrected chi connectivity index (χ3v) is 5.55. The molecule has 0 saturated heterocycles. The summed E-state index contributed by atoms with van der Waals surface area (Å²) < 4.78 is 5.36. The van der Waals surface area contributed by atoms with Gasteiger partial charge in [0.05, 0.1) is 11.1 Å². The van der Waals surface area contributed by atoms with Crippen LogP contribution in [0.4, 0.5) is 0 Å². The number of aromatic hydroxyl groups is 2. The van der Waals surface area contributed by atoms with Crippen molar-refractivity contribution in [3.05, 3.63) is 106 Å². The maximum absolute atomic E-state index is 12.5. The van der Waals surface area contributed by atoms with E-state index in [0.717, 1.165) is 5.56 Å². The van der Waals surface area contributed by atoms with E-state index < -0.39 is 11.9 Å². The van der Waals surface area contributed by atoms with Gasteiger partial charge in [0.2, 0.25) is 0 Å². The molecule has 33 heavy (non-hydrogen) atoms. The highest BCUT2D eigenvalue weighted by atomic mass is 35.5. The first-order valence-electron chi connectivity index (χ1n) is 10.0. The number of esters is 1. The van der Waals surface area contributed by atoms with Gasteiger partial charge in [-0.3, -0.25) is 0 Å². The number of carbonyl (C=O) groups excluding carboxylic acids is 1. The topological polar surface area (TPSA) is 104 Å². The predicted octanol–water partition coefficient (Wildman–Crippen LogP) is 5.55. The molecule has 7 heteroatoms. The molecule has 0 atom stereocenters. The molecule has 4 rings (SSSR count). The Bertz CT molecular complexity index is 1340. The van der Waals surface area contributed by atoms with Crippen molar-refractivity contribution in [3.8, 4) is 11.5 Å². The second-order valence-corrected chi connectivity index (χ2v) is 7.98. The number of hydrogen-bond donors (Lipinski definition) is 3. The van der Waals surface area contributed by atoms with Crippen molar-refractivity contribution in [3.63, 3.8) is 0 Å². The number of aromatic carboxylic acids is 1. The molecule has 3 N–H and O–H groups in total. The van der Waals surface area contributed by atoms with Crippen LogP contribution < -0.4 is 0 Å². The van der Waals surface area contributed by atoms with Crippen LogP contribution in [-0.4, -0.2) is 27.3 Å². The second-order valence-electron chi connectivity index (χ2n) is 7.54. The lowest BCUT2D eigenvalue weighted by Crippen LogP contribution is -2.05. The third kappa shape index (κ3) is 4.91. The molecule has 4 aromatic carbocycles. The summed E-state index contributed by atoms with van der Waals surface area (Å²) in [5.41, 5.74) is 2.18. The fourth-order valence-electron chi connectivity index (χ4n) is 3.49. The van der Waals surface area contributed by atoms with E-state index in [-0.39, 0.29) is 41.2 Å². The Morgan fingerprint density at radius 3 is 2.12 bits per heavy atom. The number of fused-ring (bicyclic) bond motifs is 1. The molecule has 0 aliphatic rings. The number of phenolic OH excluding ortho intramolecular Hbond substituents is 2. The van der Waals surface area contributed by atoms with E-state index in [0.29, 0.717) is 21.4 Å². The summed E-state index contributed by atoms with van der Waals surface area (Å²) >= 11 is 5.86. The Labute approximate surface area is 194 Å². The molecule has 6 nitrogen and oxygen atoms in total. The van der Waals surface area contributed by atoms with Crippen LogP contribution in [0.3, 0.4) is 0 Å². The monoisotopic (exact) mass is 462 g/mol. The molecule has 0 bridgehead atoms. The van der Waals surface area contributed by atoms with Gasteiger partial charge < -0.3 is 20.1 Å². The van der Waals surface area contributed by atoms with Crippen LogP contribution in [-0.2, 0) is 17.8 Å². The van der Waals surface area contributed by atoms with Gasteiger partial charge >= 0.3 is 11.9 Å². The number of phenols is 2. The predicted molar refractivity (Wildman–Crippen MR) is 124 cm³/mol. The average Bonchev–Trinajstić information content (AvgIpc) is 2.81. The highest BCUT2D eigenvalue weighted by Crippen LogP contribution is 2.37. The number of halogens is 1. The van der Waals surface area contributed by atoms with Crippen LogP contribution in [0.2, 0.25) is 5.02 Å². The van der Waals surface area contributed by atoms with Gasteiger partial charge in [-0.15, -0.1) is 0 Å². The molecule has 0 aliphatic heterocycles. The molecule has 0 aromatic heterocycles. The molecular weight excluding hydrogens is 444 g/mol. The zero-order valence-electron chi connectivity index (χ0n) is 17.3. The average molecular weight is 463 g/mol. The Morgan fingerprint density at radius 2 is 1.45 bits per heavy atom. The minimum atomic E-state index is -1.03. The van der Waals surface area contributed by atoms with Crippen LogP contribution in [0.5, 0.6) is 11.5 Å². The summed E-state index contributed by atoms with van der Waals surface area (Å²) in [4.78, 5) is 23.6. The number of carboxylic acids is 1. The van der Waals surface area contributed by atoms with Crippen LogP contribution >= 0.6 is 11.6 Å². The van der Waals surface area contributed by atoms with Crippen molar-refractivity contribution in [2.45, 2.75) is 13.0 Å². The number of carbonyl (C=O) groups is 2. The molecule has 0 amide bonds. The molecule has 0 aliphatic carbocycles. The summed E-state index contributed by atoms with van der Waals surface area (Å²) in [6.45, 7) is 0.0766. The van der Waals surface area contributed by atoms with Crippen molar-refractivity contribution in [1.29, 1.82) is 0 Å². The van der Waals surface area contributed by atoms with E-state index in [9.17, 15) is 19.8 Å². The molecular formula is C26H19ClO6. The van der Waals surface area contributed by atoms with Gasteiger partial charge in [-0.1, -0.05) is 41.9 Å². The standard InChI is InChI=1S/C26H19ClO6/c27-20-9-3-16(4-10-20)14-33-26(32)19-8-7-18-13-23(28)22(24(29)21(18)12-19)11-15-1-5-17(6-2-15)25(30)31/h1-10,12-13,28-29H,11,14H2,(H,30,31). The Hall–Kier alpha value is -4.03. The second kappa shape index (κ2) is 9.22. The Kier molecular flexibility index (Phi) is 6.20. The van der Waals surface area contributed by atoms with Crippen molar-refractivity contribution >= 4 is 34.3 Å². The van der Waals surface area contributed by atoms with Crippen molar-refractivity contribution in [1.82, 2.24) is 0 Å². The number of carboxylic acid groups (broad SMARTS) is 1. The lowest BCUT2D eigenvalue weighted by molar-refractivity contribution is 0.0472. The van der Waals surface area contributed by atoms with Crippen LogP contribution in [0.1, 0.15) is 37.4 Å². The SMILES string of the molecule is O=C(O)c1ccc(Cc2c(O)cc3ccc(C(=O)OCc4ccc(Cl)cc4)cc3c2O)cc1. The summed E-state index contributed by atoms with van der Waals surface area (Å²) in [5.74, 6) is -1.83. The molecule has 0 fully saturated rings. The van der Waals surface area contributed by atoms with Gasteiger partial charge in [-0.2, -0.15) is 0 Å². The van der Waals surface area contributed by atoms with Gasteiger partial charge in [-0.25, -0.2) is 9.59 Å². The minimum absolute atomic E-state index is 0.0766. The first kappa shape index (κ1) is 22.2. The highest BCUT2D eigenvalue weighted by Gasteiger charge is 2.16. The Balaban J connectivity index is 1.59. The van der Waals surface area contributed by atoms with Gasteiger partial charge in [0.1, 0.15) is 18.1 Å². The lowest BCUT2D eigenvalue weighted by Gasteiger charge is -2.12. The third-order valence-electron chi connectivity index (χ3n) is 5.30. The smallest absolute Gasteiger partial charge is 0.338 e. The number of benzene rings is 4. The molecule has 0 heterocycles. The first-order chi connectivity index (χ1) is 15.8. The zero-order valence-corrected chi connectivity index (χ0v) is 18.0. The van der Waals surface area contributed by atoms with Crippen LogP contribution in [0, 0.1) is 0 Å². The normalized spacial score (nSPS) is 10.8. The molecule has 0 saturated carbocycles. The maximum atomic E-state index is 12.5. The van der Waals surface area contributed by atoms with Crippen LogP contribution in [0.15, 0.2) is 72.8 Å². The van der Waals surface area contributed by atoms with E-state index in [4.69, 9.17) is 21.4 Å². The van der Waals surface area contributed by atoms with E-state index in [1.165, 1.54) is 24.3 Å². The lowest BCUT2D eigenvalue weighted by atomic mass is 9.97. The highest BCUT2D eigenvalue weighted by molar-refractivity contribution is 6.30. The molecule has 0 spiro atoms. The van der Waals surface area contributed by atoms with E-state index in [1.807, 2.05) is 0 Å². The largest absolute Gasteiger partial charge is 0.507 e. The number of ether oxygens (including phenoxy) is 1. The quantitative estimate of drug-likeness (QED) is 0.324. The fourth-order valence-corrected chi connectivity index (χ4v) is 3.61. The van der Waals surface area contributed by atoms with Crippen molar-refractivity contribution in [2.24, 2.45) is 0 Å². The van der Waals surface area contributed by atoms with E-state index >= 15 is 0 Å². The fraction of sp³-hybridized carbons (Fsp3) is 0.0769. The summed E-state index contributed by atoms with van der Waals surface area (Å²) in [5, 5.41) is 31.9. The van der Waals surface area contributed by atoms with Gasteiger partial charge in [-0.05, 0) is 59.0 Å². The number of rotatable bonds is 6. The van der Waals surface area contributed by atoms with E-state index in [1.54, 1.807) is 48.5 Å². The van der Waals surface area contributed by atoms with E-state index in [2.05, 4.69) is 0 Å². The number of hydrogen-bond acceptors (Lipinski definition) is 5. The van der Waals surface area contributed by atoms with Gasteiger partial charge in [0.15, 0.2) is 0 Å². The first-order valence-corrected chi connectivity index (χ1v) is 10.4. The molecule has 166 valence electrons. The minimum Gasteiger partial charge on any atom is -0.507 e. The van der Waals surface area contributed by atoms with Gasteiger partial charge in [0.25, 0.3) is 0 Å². The van der Waals surface area contributed by atoms with Crippen molar-refractivity contribution < 1.29 is 29.6 Å². The summed E-state index contributed by atoms with van der Waals surface area (Å²) in [7, 11) is 0. The van der Waals surface area contributed by atoms with Gasteiger partial charge in [0, 0.05) is 22.4 Å². The summed E-state index contributed by atoms with van der Waals surface area (Å²) in [6, 6.07) is 19.3. The van der Waals surface area contributed by atoms with Crippen molar-refractivity contribution in [2.75, 3.05) is 0 Å². The van der Waals surface area contributed by atoms with Crippen LogP contribution in [0.25, 0.3) is 10.8 Å². The Morgan fingerprint density at radius 1 is 0.818 bits per heavy atom. The molecule has 0 radical (unpaired) electrons. The zero-order chi connectivity index (χ0) is 23.5. The summed E-state index contributed by atoms with van der Waals surface area (Å²) in [6.07, 6.45) is 0.179.